The van der Waals surface area contributed by atoms with Crippen LogP contribution >= 0.6 is 7.60 Å². The van der Waals surface area contributed by atoms with E-state index in [1.165, 1.54) is 12.1 Å². The van der Waals surface area contributed by atoms with Crippen LogP contribution in [0.1, 0.15) is 25.0 Å². The van der Waals surface area contributed by atoms with Gasteiger partial charge in [-0.05, 0) is 38.0 Å². The molecular formula is C20H26NO6PS. The highest BCUT2D eigenvalue weighted by molar-refractivity contribution is 7.89. The first-order valence-corrected chi connectivity index (χ1v) is 12.4. The van der Waals surface area contributed by atoms with Crippen LogP contribution < -0.4 is 4.72 Å². The number of aryl methyl sites for hydroxylation is 1. The lowest BCUT2D eigenvalue weighted by molar-refractivity contribution is -0.132. The molecule has 0 aliphatic heterocycles. The third-order valence-corrected chi connectivity index (χ3v) is 7.63. The SMILES string of the molecule is CCO[P@@](=O)(CC(Cc1ccccc1)NS(=O)(=O)c1ccc(C)cc1)OC(C)=O. The van der Waals surface area contributed by atoms with Crippen molar-refractivity contribution in [3.8, 4) is 0 Å². The van der Waals surface area contributed by atoms with E-state index < -0.39 is 29.6 Å². The van der Waals surface area contributed by atoms with E-state index in [0.29, 0.717) is 0 Å². The zero-order chi connectivity index (χ0) is 21.5. The molecule has 1 unspecified atom stereocenters. The monoisotopic (exact) mass is 439 g/mol. The van der Waals surface area contributed by atoms with Gasteiger partial charge in [-0.2, -0.15) is 0 Å². The van der Waals surface area contributed by atoms with E-state index in [1.807, 2.05) is 37.3 Å². The molecule has 0 aliphatic carbocycles. The number of rotatable bonds is 10. The van der Waals surface area contributed by atoms with E-state index in [-0.39, 0.29) is 24.1 Å². The molecule has 0 heterocycles. The summed E-state index contributed by atoms with van der Waals surface area (Å²) in [5.74, 6) is -0.748. The molecule has 2 atom stereocenters. The van der Waals surface area contributed by atoms with Crippen molar-refractivity contribution >= 4 is 23.6 Å². The summed E-state index contributed by atoms with van der Waals surface area (Å²) in [6.07, 6.45) is -0.0231. The smallest absolute Gasteiger partial charge is 0.382 e. The second-order valence-corrected chi connectivity index (χ2v) is 10.4. The van der Waals surface area contributed by atoms with Gasteiger partial charge in [0.25, 0.3) is 0 Å². The van der Waals surface area contributed by atoms with Crippen molar-refractivity contribution in [2.45, 2.75) is 38.1 Å². The Balaban J connectivity index is 2.32. The van der Waals surface area contributed by atoms with Crippen molar-refractivity contribution in [2.75, 3.05) is 12.8 Å². The predicted molar refractivity (Wildman–Crippen MR) is 111 cm³/mol. The topological polar surface area (TPSA) is 98.8 Å². The van der Waals surface area contributed by atoms with Crippen LogP contribution in [0.5, 0.6) is 0 Å². The third kappa shape index (κ3) is 7.40. The summed E-state index contributed by atoms with van der Waals surface area (Å²) in [6.45, 7) is 4.68. The molecule has 9 heteroatoms. The fraction of sp³-hybridized carbons (Fsp3) is 0.350. The second-order valence-electron chi connectivity index (χ2n) is 6.62. The van der Waals surface area contributed by atoms with Gasteiger partial charge in [0, 0.05) is 13.0 Å². The lowest BCUT2D eigenvalue weighted by Crippen LogP contribution is -2.39. The van der Waals surface area contributed by atoms with Crippen molar-refractivity contribution < 1.29 is 26.8 Å². The lowest BCUT2D eigenvalue weighted by Gasteiger charge is -2.24. The highest BCUT2D eigenvalue weighted by Crippen LogP contribution is 2.49. The molecule has 0 saturated carbocycles. The molecule has 2 aromatic carbocycles. The predicted octanol–water partition coefficient (Wildman–Crippen LogP) is 3.68. The lowest BCUT2D eigenvalue weighted by atomic mass is 10.1. The van der Waals surface area contributed by atoms with Gasteiger partial charge in [-0.3, -0.25) is 9.32 Å². The van der Waals surface area contributed by atoms with Crippen LogP contribution in [-0.2, 0) is 34.9 Å². The van der Waals surface area contributed by atoms with Crippen molar-refractivity contribution in [2.24, 2.45) is 0 Å². The first-order chi connectivity index (χ1) is 13.6. The molecule has 29 heavy (non-hydrogen) atoms. The number of hydrogen-bond donors (Lipinski definition) is 1. The van der Waals surface area contributed by atoms with Gasteiger partial charge in [-0.25, -0.2) is 17.7 Å². The molecule has 2 aromatic rings. The van der Waals surface area contributed by atoms with Gasteiger partial charge in [0.2, 0.25) is 10.0 Å². The van der Waals surface area contributed by atoms with Crippen molar-refractivity contribution in [3.05, 3.63) is 65.7 Å². The Morgan fingerprint density at radius 3 is 2.28 bits per heavy atom. The molecular weight excluding hydrogens is 413 g/mol. The Bertz CT molecular complexity index is 960. The maximum absolute atomic E-state index is 13.0. The molecule has 0 spiro atoms. The fourth-order valence-electron chi connectivity index (χ4n) is 2.83. The van der Waals surface area contributed by atoms with Crippen molar-refractivity contribution in [3.63, 3.8) is 0 Å². The molecule has 7 nitrogen and oxygen atoms in total. The summed E-state index contributed by atoms with van der Waals surface area (Å²) in [7, 11) is -7.71. The third-order valence-electron chi connectivity index (χ3n) is 4.02. The zero-order valence-electron chi connectivity index (χ0n) is 16.7. The number of hydrogen-bond acceptors (Lipinski definition) is 6. The molecule has 0 radical (unpaired) electrons. The molecule has 0 bridgehead atoms. The van der Waals surface area contributed by atoms with Gasteiger partial charge in [0.15, 0.2) is 0 Å². The molecule has 2 rings (SSSR count). The minimum absolute atomic E-state index is 0.0628. The summed E-state index contributed by atoms with van der Waals surface area (Å²) in [6, 6.07) is 14.8. The molecule has 0 saturated heterocycles. The van der Waals surface area contributed by atoms with E-state index in [2.05, 4.69) is 4.72 Å². The average molecular weight is 439 g/mol. The fourth-order valence-corrected chi connectivity index (χ4v) is 5.96. The highest BCUT2D eigenvalue weighted by Gasteiger charge is 2.33. The second kappa shape index (κ2) is 10.2. The molecule has 0 fully saturated rings. The van der Waals surface area contributed by atoms with Gasteiger partial charge in [0.1, 0.15) is 0 Å². The van der Waals surface area contributed by atoms with Crippen LogP contribution in [0.25, 0.3) is 0 Å². The van der Waals surface area contributed by atoms with Crippen LogP contribution in [0.4, 0.5) is 0 Å². The van der Waals surface area contributed by atoms with Crippen LogP contribution in [-0.4, -0.2) is 33.2 Å². The number of benzene rings is 2. The molecule has 0 aliphatic rings. The van der Waals surface area contributed by atoms with Gasteiger partial charge >= 0.3 is 13.6 Å². The zero-order valence-corrected chi connectivity index (χ0v) is 18.4. The Morgan fingerprint density at radius 2 is 1.72 bits per heavy atom. The number of nitrogens with one attached hydrogen (secondary N) is 1. The van der Waals surface area contributed by atoms with E-state index >= 15 is 0 Å². The minimum atomic E-state index is -3.88. The van der Waals surface area contributed by atoms with Gasteiger partial charge < -0.3 is 4.52 Å². The maximum atomic E-state index is 13.0. The summed E-state index contributed by atoms with van der Waals surface area (Å²) in [4.78, 5) is 11.5. The molecule has 158 valence electrons. The highest BCUT2D eigenvalue weighted by atomic mass is 32.2. The van der Waals surface area contributed by atoms with Crippen LogP contribution in [0.3, 0.4) is 0 Å². The summed E-state index contributed by atoms with van der Waals surface area (Å²) in [5.41, 5.74) is 1.77. The van der Waals surface area contributed by atoms with Gasteiger partial charge in [-0.15, -0.1) is 0 Å². The quantitative estimate of drug-likeness (QED) is 0.567. The largest absolute Gasteiger partial charge is 0.392 e. The molecule has 0 amide bonds. The Labute approximate surface area is 172 Å². The van der Waals surface area contributed by atoms with Gasteiger partial charge in [0.05, 0.1) is 17.7 Å². The standard InChI is InChI=1S/C20H26NO6PS/c1-4-26-28(23,27-17(3)22)15-19(14-18-8-6-5-7-9-18)21-29(24,25)20-12-10-16(2)11-13-20/h5-13,19,21H,4,14-15H2,1-3H3/t19?,28-/m0/s1. The summed E-state index contributed by atoms with van der Waals surface area (Å²) < 4.78 is 51.5. The molecule has 0 aromatic heterocycles. The maximum Gasteiger partial charge on any atom is 0.382 e. The first-order valence-electron chi connectivity index (χ1n) is 9.20. The number of carbonyl (C=O) groups is 1. The van der Waals surface area contributed by atoms with E-state index in [4.69, 9.17) is 9.05 Å². The van der Waals surface area contributed by atoms with Gasteiger partial charge in [-0.1, -0.05) is 48.0 Å². The van der Waals surface area contributed by atoms with E-state index in [9.17, 15) is 17.8 Å². The Morgan fingerprint density at radius 1 is 1.10 bits per heavy atom. The van der Waals surface area contributed by atoms with Crippen LogP contribution in [0.2, 0.25) is 0 Å². The number of sulfonamides is 1. The number of carbonyl (C=O) groups excluding carboxylic acids is 1. The van der Waals surface area contributed by atoms with Crippen LogP contribution in [0, 0.1) is 6.92 Å². The van der Waals surface area contributed by atoms with E-state index in [0.717, 1.165) is 18.1 Å². The molecule has 1 N–H and O–H groups in total. The average Bonchev–Trinajstić information content (AvgIpc) is 2.61. The summed E-state index contributed by atoms with van der Waals surface area (Å²) in [5, 5.41) is 0. The van der Waals surface area contributed by atoms with Crippen LogP contribution in [0.15, 0.2) is 59.5 Å². The van der Waals surface area contributed by atoms with Crippen molar-refractivity contribution in [1.82, 2.24) is 4.72 Å². The minimum Gasteiger partial charge on any atom is -0.392 e. The normalized spacial score (nSPS) is 14.7. The Hall–Kier alpha value is -1.99. The first kappa shape index (κ1) is 23.3. The summed E-state index contributed by atoms with van der Waals surface area (Å²) >= 11 is 0. The van der Waals surface area contributed by atoms with Crippen molar-refractivity contribution in [1.29, 1.82) is 0 Å². The van der Waals surface area contributed by atoms with E-state index in [1.54, 1.807) is 19.1 Å². The Kier molecular flexibility index (Phi) is 8.16.